The van der Waals surface area contributed by atoms with Crippen LogP contribution in [-0.4, -0.2) is 38.3 Å². The van der Waals surface area contributed by atoms with Gasteiger partial charge < -0.3 is 9.72 Å². The highest BCUT2D eigenvalue weighted by Crippen LogP contribution is 2.17. The number of aromatic nitrogens is 3. The Morgan fingerprint density at radius 3 is 2.75 bits per heavy atom. The Labute approximate surface area is 170 Å². The topological polar surface area (TPSA) is 62.5 Å². The van der Waals surface area contributed by atoms with Crippen LogP contribution in [0.2, 0.25) is 0 Å². The molecule has 0 aromatic carbocycles. The van der Waals surface area contributed by atoms with Gasteiger partial charge in [0.05, 0.1) is 17.8 Å². The molecule has 0 spiro atoms. The fraction of sp³-hybridized carbons (Fsp3) is 0.476. The van der Waals surface area contributed by atoms with Gasteiger partial charge in [0.15, 0.2) is 5.69 Å². The van der Waals surface area contributed by atoms with Crippen molar-refractivity contribution < 1.29 is 4.79 Å². The zero-order valence-electron chi connectivity index (χ0n) is 17.1. The lowest BCUT2D eigenvalue weighted by Gasteiger charge is -2.15. The van der Waals surface area contributed by atoms with Gasteiger partial charge in [-0.2, -0.15) is 0 Å². The van der Waals surface area contributed by atoms with E-state index in [4.69, 9.17) is 0 Å². The number of rotatable bonds is 9. The summed E-state index contributed by atoms with van der Waals surface area (Å²) in [5, 5.41) is 5.98. The summed E-state index contributed by atoms with van der Waals surface area (Å²) < 4.78 is 2.01. The first kappa shape index (κ1) is 20.5. The molecule has 3 aromatic rings. The molecule has 28 heavy (non-hydrogen) atoms. The maximum Gasteiger partial charge on any atom is 0.272 e. The summed E-state index contributed by atoms with van der Waals surface area (Å²) in [6.45, 7) is 11.9. The summed E-state index contributed by atoms with van der Waals surface area (Å²) in [7, 11) is 0. The lowest BCUT2D eigenvalue weighted by atomic mass is 10.1. The number of hydrogen-bond donors (Lipinski definition) is 1. The minimum atomic E-state index is -0.154. The fourth-order valence-electron chi connectivity index (χ4n) is 3.20. The Balaban J connectivity index is 1.69. The molecular formula is C21H29N5OS. The van der Waals surface area contributed by atoms with Gasteiger partial charge in [0, 0.05) is 24.5 Å². The van der Waals surface area contributed by atoms with E-state index >= 15 is 0 Å². The van der Waals surface area contributed by atoms with Crippen LogP contribution in [0.3, 0.4) is 0 Å². The predicted molar refractivity (Wildman–Crippen MR) is 114 cm³/mol. The molecule has 3 aromatic heterocycles. The Morgan fingerprint density at radius 2 is 2.04 bits per heavy atom. The summed E-state index contributed by atoms with van der Waals surface area (Å²) in [6, 6.07) is 5.85. The third-order valence-electron chi connectivity index (χ3n) is 4.71. The Kier molecular flexibility index (Phi) is 6.80. The zero-order chi connectivity index (χ0) is 20.1. The maximum atomic E-state index is 12.8. The number of carbonyl (C=O) groups is 1. The van der Waals surface area contributed by atoms with Gasteiger partial charge in [0.25, 0.3) is 5.91 Å². The van der Waals surface area contributed by atoms with Crippen molar-refractivity contribution in [1.82, 2.24) is 24.6 Å². The summed E-state index contributed by atoms with van der Waals surface area (Å²) >= 11 is 1.59. The van der Waals surface area contributed by atoms with Crippen LogP contribution in [0.25, 0.3) is 5.52 Å². The maximum absolute atomic E-state index is 12.8. The van der Waals surface area contributed by atoms with Gasteiger partial charge in [-0.25, -0.2) is 9.97 Å². The fourth-order valence-corrected chi connectivity index (χ4v) is 3.92. The smallest absolute Gasteiger partial charge is 0.272 e. The van der Waals surface area contributed by atoms with E-state index < -0.39 is 0 Å². The summed E-state index contributed by atoms with van der Waals surface area (Å²) in [6.07, 6.45) is 2.80. The molecule has 6 nitrogen and oxygen atoms in total. The van der Waals surface area contributed by atoms with Crippen LogP contribution < -0.4 is 5.32 Å². The number of carbonyl (C=O) groups excluding carboxylic acids is 1. The Hall–Kier alpha value is -2.25. The molecule has 1 N–H and O–H groups in total. The van der Waals surface area contributed by atoms with Gasteiger partial charge in [0.2, 0.25) is 0 Å². The van der Waals surface area contributed by atoms with Crippen LogP contribution in [0.15, 0.2) is 29.8 Å². The number of imidazole rings is 1. The minimum Gasteiger partial charge on any atom is -0.344 e. The van der Waals surface area contributed by atoms with Crippen molar-refractivity contribution in [2.75, 3.05) is 13.1 Å². The molecule has 0 saturated heterocycles. The van der Waals surface area contributed by atoms with Crippen LogP contribution in [0.4, 0.5) is 0 Å². The number of nitrogens with zero attached hydrogens (tertiary/aromatic N) is 4. The van der Waals surface area contributed by atoms with E-state index in [-0.39, 0.29) is 5.91 Å². The molecule has 0 aliphatic rings. The lowest BCUT2D eigenvalue weighted by Crippen LogP contribution is -2.24. The highest BCUT2D eigenvalue weighted by atomic mass is 32.1. The second-order valence-electron chi connectivity index (χ2n) is 7.31. The second kappa shape index (κ2) is 9.30. The Bertz CT molecular complexity index is 926. The van der Waals surface area contributed by atoms with E-state index in [0.29, 0.717) is 18.2 Å². The molecule has 0 radical (unpaired) electrons. The van der Waals surface area contributed by atoms with Crippen molar-refractivity contribution in [3.8, 4) is 0 Å². The number of thiazole rings is 1. The average molecular weight is 400 g/mol. The Morgan fingerprint density at radius 1 is 1.25 bits per heavy atom. The molecular weight excluding hydrogens is 370 g/mol. The highest BCUT2D eigenvalue weighted by molar-refractivity contribution is 7.09. The summed E-state index contributed by atoms with van der Waals surface area (Å²) in [5.41, 5.74) is 2.39. The number of fused-ring (bicyclic) bond motifs is 1. The third kappa shape index (κ3) is 4.77. The first-order valence-corrected chi connectivity index (χ1v) is 10.8. The summed E-state index contributed by atoms with van der Waals surface area (Å²) in [4.78, 5) is 24.4. The number of nitrogens with one attached hydrogen (secondary N) is 1. The van der Waals surface area contributed by atoms with Crippen molar-refractivity contribution in [1.29, 1.82) is 0 Å². The standard InChI is InChI=1S/C21H29N5OS/c1-5-25(6-2)13-16-14-28-19(23-16)12-22-21(27)20-17-9-7-8-10-26(17)18(24-20)11-15(3)4/h7-10,14-15H,5-6,11-13H2,1-4H3,(H,22,27). The van der Waals surface area contributed by atoms with Crippen molar-refractivity contribution in [3.05, 3.63) is 52.0 Å². The van der Waals surface area contributed by atoms with E-state index in [2.05, 4.69) is 53.3 Å². The van der Waals surface area contributed by atoms with Crippen molar-refractivity contribution in [2.24, 2.45) is 5.92 Å². The molecule has 0 fully saturated rings. The van der Waals surface area contributed by atoms with Crippen molar-refractivity contribution in [2.45, 2.75) is 47.2 Å². The number of hydrogen-bond acceptors (Lipinski definition) is 5. The quantitative estimate of drug-likeness (QED) is 0.595. The van der Waals surface area contributed by atoms with Crippen molar-refractivity contribution in [3.63, 3.8) is 0 Å². The van der Waals surface area contributed by atoms with E-state index in [1.54, 1.807) is 11.3 Å². The first-order valence-electron chi connectivity index (χ1n) is 9.91. The van der Waals surface area contributed by atoms with E-state index in [1.165, 1.54) is 0 Å². The SMILES string of the molecule is CCN(CC)Cc1csc(CNC(=O)c2nc(CC(C)C)n3ccccc23)n1. The molecule has 0 bridgehead atoms. The second-order valence-corrected chi connectivity index (χ2v) is 8.25. The van der Waals surface area contributed by atoms with E-state index in [9.17, 15) is 4.79 Å². The number of amides is 1. The molecule has 150 valence electrons. The molecule has 3 rings (SSSR count). The molecule has 0 saturated carbocycles. The molecule has 7 heteroatoms. The van der Waals surface area contributed by atoms with Crippen LogP contribution in [0, 0.1) is 5.92 Å². The zero-order valence-corrected chi connectivity index (χ0v) is 17.9. The lowest BCUT2D eigenvalue weighted by molar-refractivity contribution is 0.0948. The van der Waals surface area contributed by atoms with Crippen LogP contribution in [0.5, 0.6) is 0 Å². The van der Waals surface area contributed by atoms with Crippen LogP contribution in [-0.2, 0) is 19.5 Å². The first-order chi connectivity index (χ1) is 13.5. The van der Waals surface area contributed by atoms with Crippen molar-refractivity contribution >= 4 is 22.8 Å². The molecule has 0 aliphatic heterocycles. The molecule has 0 aliphatic carbocycles. The molecule has 1 amide bonds. The average Bonchev–Trinajstić information content (AvgIpc) is 3.29. The van der Waals surface area contributed by atoms with Gasteiger partial charge >= 0.3 is 0 Å². The summed E-state index contributed by atoms with van der Waals surface area (Å²) in [5.74, 6) is 1.24. The minimum absolute atomic E-state index is 0.154. The highest BCUT2D eigenvalue weighted by Gasteiger charge is 2.18. The molecule has 0 unspecified atom stereocenters. The van der Waals surface area contributed by atoms with Gasteiger partial charge in [-0.1, -0.05) is 33.8 Å². The van der Waals surface area contributed by atoms with Gasteiger partial charge in [0.1, 0.15) is 10.8 Å². The van der Waals surface area contributed by atoms with Gasteiger partial charge in [-0.05, 0) is 31.1 Å². The molecule has 0 atom stereocenters. The third-order valence-corrected chi connectivity index (χ3v) is 5.60. The van der Waals surface area contributed by atoms with E-state index in [0.717, 1.165) is 48.1 Å². The van der Waals surface area contributed by atoms with Gasteiger partial charge in [-0.15, -0.1) is 11.3 Å². The van der Waals surface area contributed by atoms with Crippen LogP contribution in [0.1, 0.15) is 54.7 Å². The monoisotopic (exact) mass is 399 g/mol. The normalized spacial score (nSPS) is 11.6. The van der Waals surface area contributed by atoms with Gasteiger partial charge in [-0.3, -0.25) is 9.69 Å². The number of pyridine rings is 1. The van der Waals surface area contributed by atoms with Crippen LogP contribution >= 0.6 is 11.3 Å². The molecule has 3 heterocycles. The predicted octanol–water partition coefficient (Wildman–Crippen LogP) is 3.76. The largest absolute Gasteiger partial charge is 0.344 e. The van der Waals surface area contributed by atoms with E-state index in [1.807, 2.05) is 28.8 Å².